The van der Waals surface area contributed by atoms with Crippen LogP contribution in [0.2, 0.25) is 0 Å². The van der Waals surface area contributed by atoms with E-state index in [0.717, 1.165) is 13.0 Å². The zero-order valence-electron chi connectivity index (χ0n) is 17.7. The lowest BCUT2D eigenvalue weighted by Crippen LogP contribution is -2.49. The van der Waals surface area contributed by atoms with E-state index < -0.39 is 0 Å². The van der Waals surface area contributed by atoms with Gasteiger partial charge in [0.1, 0.15) is 0 Å². The standard InChI is InChI=1S/C23H39N3/c1-17(15-18-10-12-19(13-11-18)22(2,3)4)16-25-21(24)26-20-9-7-8-14-23(20,5)6/h10-13,17,20H,7-9,14-16H2,1-6H3,(H3,24,25,26). The Balaban J connectivity index is 1.85. The molecule has 0 aliphatic heterocycles. The van der Waals surface area contributed by atoms with Gasteiger partial charge >= 0.3 is 0 Å². The van der Waals surface area contributed by atoms with Crippen molar-refractivity contribution in [3.05, 3.63) is 35.4 Å². The number of nitrogens with one attached hydrogen (secondary N) is 1. The normalized spacial score (nSPS) is 22.1. The number of hydrogen-bond donors (Lipinski definition) is 2. The van der Waals surface area contributed by atoms with Crippen LogP contribution in [0.1, 0.15) is 78.4 Å². The van der Waals surface area contributed by atoms with E-state index in [0.29, 0.717) is 23.3 Å². The fourth-order valence-corrected chi connectivity index (χ4v) is 3.85. The van der Waals surface area contributed by atoms with Crippen LogP contribution < -0.4 is 11.1 Å². The molecule has 2 atom stereocenters. The molecule has 1 saturated carbocycles. The van der Waals surface area contributed by atoms with Crippen LogP contribution in [0.5, 0.6) is 0 Å². The van der Waals surface area contributed by atoms with Crippen LogP contribution in [0.15, 0.2) is 29.3 Å². The second-order valence-electron chi connectivity index (χ2n) is 9.91. The number of nitrogens with zero attached hydrogens (tertiary/aromatic N) is 1. The zero-order valence-corrected chi connectivity index (χ0v) is 17.7. The highest BCUT2D eigenvalue weighted by Crippen LogP contribution is 2.35. The average Bonchev–Trinajstić information content (AvgIpc) is 2.54. The Labute approximate surface area is 160 Å². The van der Waals surface area contributed by atoms with Gasteiger partial charge in [0, 0.05) is 12.6 Å². The molecule has 0 spiro atoms. The molecule has 3 N–H and O–H groups in total. The van der Waals surface area contributed by atoms with Crippen LogP contribution >= 0.6 is 0 Å². The van der Waals surface area contributed by atoms with Gasteiger partial charge in [0.2, 0.25) is 0 Å². The van der Waals surface area contributed by atoms with E-state index in [9.17, 15) is 0 Å². The van der Waals surface area contributed by atoms with Crippen molar-refractivity contribution in [2.75, 3.05) is 6.54 Å². The molecule has 1 aromatic carbocycles. The van der Waals surface area contributed by atoms with Crippen LogP contribution in [0.25, 0.3) is 0 Å². The summed E-state index contributed by atoms with van der Waals surface area (Å²) in [6.45, 7) is 14.4. The Morgan fingerprint density at radius 1 is 1.23 bits per heavy atom. The second-order valence-corrected chi connectivity index (χ2v) is 9.91. The van der Waals surface area contributed by atoms with Crippen molar-refractivity contribution in [1.82, 2.24) is 5.32 Å². The minimum Gasteiger partial charge on any atom is -0.370 e. The first-order valence-electron chi connectivity index (χ1n) is 10.2. The van der Waals surface area contributed by atoms with Crippen molar-refractivity contribution in [2.45, 2.75) is 85.1 Å². The smallest absolute Gasteiger partial charge is 0.188 e. The first-order valence-corrected chi connectivity index (χ1v) is 10.2. The maximum atomic E-state index is 6.17. The average molecular weight is 358 g/mol. The van der Waals surface area contributed by atoms with Crippen molar-refractivity contribution >= 4 is 5.96 Å². The van der Waals surface area contributed by atoms with Gasteiger partial charge in [-0.3, -0.25) is 4.99 Å². The third kappa shape index (κ3) is 6.03. The van der Waals surface area contributed by atoms with Gasteiger partial charge in [0.25, 0.3) is 0 Å². The Morgan fingerprint density at radius 3 is 2.46 bits per heavy atom. The number of benzene rings is 1. The van der Waals surface area contributed by atoms with Crippen LogP contribution in [-0.2, 0) is 11.8 Å². The van der Waals surface area contributed by atoms with Crippen molar-refractivity contribution in [3.8, 4) is 0 Å². The minimum absolute atomic E-state index is 0.210. The van der Waals surface area contributed by atoms with Crippen molar-refractivity contribution in [3.63, 3.8) is 0 Å². The molecule has 1 aliphatic carbocycles. The predicted molar refractivity (Wildman–Crippen MR) is 114 cm³/mol. The topological polar surface area (TPSA) is 50.4 Å². The molecule has 26 heavy (non-hydrogen) atoms. The second kappa shape index (κ2) is 8.45. The molecule has 0 saturated heterocycles. The highest BCUT2D eigenvalue weighted by Gasteiger charge is 2.32. The summed E-state index contributed by atoms with van der Waals surface area (Å²) in [5.41, 5.74) is 9.45. The summed E-state index contributed by atoms with van der Waals surface area (Å²) in [7, 11) is 0. The molecule has 0 aromatic heterocycles. The Morgan fingerprint density at radius 2 is 1.88 bits per heavy atom. The lowest BCUT2D eigenvalue weighted by molar-refractivity contribution is 0.185. The fraction of sp³-hybridized carbons (Fsp3) is 0.696. The third-order valence-corrected chi connectivity index (χ3v) is 5.81. The largest absolute Gasteiger partial charge is 0.370 e. The molecule has 3 heteroatoms. The molecule has 1 fully saturated rings. The molecule has 0 heterocycles. The van der Waals surface area contributed by atoms with E-state index >= 15 is 0 Å². The highest BCUT2D eigenvalue weighted by molar-refractivity contribution is 5.78. The summed E-state index contributed by atoms with van der Waals surface area (Å²) in [4.78, 5) is 4.62. The van der Waals surface area contributed by atoms with Gasteiger partial charge in [-0.15, -0.1) is 0 Å². The maximum Gasteiger partial charge on any atom is 0.188 e. The van der Waals surface area contributed by atoms with Gasteiger partial charge in [0.15, 0.2) is 5.96 Å². The number of nitrogens with two attached hydrogens (primary N) is 1. The molecule has 146 valence electrons. The molecule has 1 aromatic rings. The summed E-state index contributed by atoms with van der Waals surface area (Å²) in [5.74, 6) is 1.09. The first-order chi connectivity index (χ1) is 12.1. The van der Waals surface area contributed by atoms with Crippen molar-refractivity contribution in [2.24, 2.45) is 22.1 Å². The van der Waals surface area contributed by atoms with Crippen LogP contribution in [0, 0.1) is 11.3 Å². The quantitative estimate of drug-likeness (QED) is 0.573. The molecule has 1 aliphatic rings. The summed E-state index contributed by atoms with van der Waals surface area (Å²) in [6.07, 6.45) is 6.11. The lowest BCUT2D eigenvalue weighted by Gasteiger charge is -2.39. The van der Waals surface area contributed by atoms with Gasteiger partial charge in [-0.25, -0.2) is 0 Å². The Hall–Kier alpha value is -1.51. The van der Waals surface area contributed by atoms with Crippen LogP contribution in [0.4, 0.5) is 0 Å². The molecule has 3 nitrogen and oxygen atoms in total. The van der Waals surface area contributed by atoms with Crippen molar-refractivity contribution < 1.29 is 0 Å². The van der Waals surface area contributed by atoms with E-state index in [4.69, 9.17) is 5.73 Å². The Kier molecular flexibility index (Phi) is 6.76. The number of guanidine groups is 1. The molecule has 2 unspecified atom stereocenters. The van der Waals surface area contributed by atoms with Gasteiger partial charge in [-0.1, -0.05) is 78.6 Å². The summed E-state index contributed by atoms with van der Waals surface area (Å²) in [6, 6.07) is 9.47. The lowest BCUT2D eigenvalue weighted by atomic mass is 9.73. The number of rotatable bonds is 5. The summed E-state index contributed by atoms with van der Waals surface area (Å²) in [5, 5.41) is 3.48. The summed E-state index contributed by atoms with van der Waals surface area (Å²) >= 11 is 0. The molecular formula is C23H39N3. The van der Waals surface area contributed by atoms with E-state index in [1.54, 1.807) is 0 Å². The van der Waals surface area contributed by atoms with Crippen molar-refractivity contribution in [1.29, 1.82) is 0 Å². The fourth-order valence-electron chi connectivity index (χ4n) is 3.85. The van der Waals surface area contributed by atoms with Gasteiger partial charge in [-0.05, 0) is 47.1 Å². The zero-order chi connectivity index (χ0) is 19.4. The number of aliphatic imine (C=N–C) groups is 1. The predicted octanol–water partition coefficient (Wildman–Crippen LogP) is 5.04. The van der Waals surface area contributed by atoms with E-state index in [2.05, 4.69) is 76.1 Å². The molecular weight excluding hydrogens is 318 g/mol. The monoisotopic (exact) mass is 357 g/mol. The SMILES string of the molecule is CC(CN=C(N)NC1CCCCC1(C)C)Cc1ccc(C(C)(C)C)cc1. The van der Waals surface area contributed by atoms with Gasteiger partial charge in [-0.2, -0.15) is 0 Å². The van der Waals surface area contributed by atoms with Crippen LogP contribution in [0.3, 0.4) is 0 Å². The minimum atomic E-state index is 0.210. The number of hydrogen-bond acceptors (Lipinski definition) is 1. The van der Waals surface area contributed by atoms with E-state index in [1.165, 1.54) is 36.8 Å². The molecule has 0 amide bonds. The van der Waals surface area contributed by atoms with Gasteiger partial charge < -0.3 is 11.1 Å². The Bertz CT molecular complexity index is 593. The van der Waals surface area contributed by atoms with Gasteiger partial charge in [0.05, 0.1) is 0 Å². The van der Waals surface area contributed by atoms with E-state index in [-0.39, 0.29) is 5.41 Å². The van der Waals surface area contributed by atoms with Crippen LogP contribution in [-0.4, -0.2) is 18.5 Å². The first kappa shape index (κ1) is 20.8. The molecule has 2 rings (SSSR count). The summed E-state index contributed by atoms with van der Waals surface area (Å²) < 4.78 is 0. The highest BCUT2D eigenvalue weighted by atomic mass is 15.1. The van der Waals surface area contributed by atoms with E-state index in [1.807, 2.05) is 0 Å². The molecule has 0 bridgehead atoms. The third-order valence-electron chi connectivity index (χ3n) is 5.81. The maximum absolute atomic E-state index is 6.17. The molecule has 0 radical (unpaired) electrons.